The molecule has 0 saturated carbocycles. The number of carbonyl (C=O) groups is 1. The number of nitrogens with zero attached hydrogens (tertiary/aromatic N) is 1. The predicted molar refractivity (Wildman–Crippen MR) is 54.0 cm³/mol. The molecule has 0 heterocycles. The van der Waals surface area contributed by atoms with Crippen LogP contribution >= 0.6 is 0 Å². The topological polar surface area (TPSA) is 66.6 Å². The number of primary amides is 1. The molecule has 1 aromatic carbocycles. The highest BCUT2D eigenvalue weighted by Crippen LogP contribution is 2.24. The van der Waals surface area contributed by atoms with Gasteiger partial charge in [-0.3, -0.25) is 4.79 Å². The van der Waals surface area contributed by atoms with Crippen molar-refractivity contribution in [1.29, 1.82) is 0 Å². The van der Waals surface area contributed by atoms with E-state index in [9.17, 15) is 14.3 Å². The molecule has 1 aromatic rings. The maximum Gasteiger partial charge on any atom is 0.252 e. The molecular weight excluding hydrogens is 199 g/mol. The Morgan fingerprint density at radius 3 is 2.60 bits per heavy atom. The van der Waals surface area contributed by atoms with E-state index < -0.39 is 11.7 Å². The van der Waals surface area contributed by atoms with Gasteiger partial charge in [-0.2, -0.15) is 0 Å². The molecule has 5 heteroatoms. The van der Waals surface area contributed by atoms with Crippen LogP contribution in [0, 0.1) is 5.82 Å². The lowest BCUT2D eigenvalue weighted by Crippen LogP contribution is -2.15. The van der Waals surface area contributed by atoms with Gasteiger partial charge in [0.2, 0.25) is 0 Å². The Morgan fingerprint density at radius 2 is 2.13 bits per heavy atom. The van der Waals surface area contributed by atoms with E-state index in [1.54, 1.807) is 19.0 Å². The molecule has 4 nitrogen and oxygen atoms in total. The van der Waals surface area contributed by atoms with Crippen LogP contribution in [0.15, 0.2) is 12.1 Å². The smallest absolute Gasteiger partial charge is 0.252 e. The molecule has 0 unspecified atom stereocenters. The van der Waals surface area contributed by atoms with E-state index in [0.717, 1.165) is 6.07 Å². The summed E-state index contributed by atoms with van der Waals surface area (Å²) in [6.07, 6.45) is 0. The maximum atomic E-state index is 13.1. The second-order valence-electron chi connectivity index (χ2n) is 3.56. The van der Waals surface area contributed by atoms with Gasteiger partial charge in [0.15, 0.2) is 0 Å². The van der Waals surface area contributed by atoms with Gasteiger partial charge in [-0.25, -0.2) is 4.39 Å². The number of halogens is 1. The van der Waals surface area contributed by atoms with Crippen molar-refractivity contribution in [2.24, 2.45) is 5.73 Å². The minimum absolute atomic E-state index is 0.188. The molecule has 1 amide bonds. The van der Waals surface area contributed by atoms with Crippen molar-refractivity contribution in [1.82, 2.24) is 4.90 Å². The van der Waals surface area contributed by atoms with Crippen LogP contribution in [0.25, 0.3) is 0 Å². The Labute approximate surface area is 87.1 Å². The van der Waals surface area contributed by atoms with Gasteiger partial charge in [0, 0.05) is 12.1 Å². The van der Waals surface area contributed by atoms with Gasteiger partial charge in [-0.15, -0.1) is 0 Å². The van der Waals surface area contributed by atoms with E-state index in [1.165, 1.54) is 6.07 Å². The van der Waals surface area contributed by atoms with Crippen LogP contribution in [0.4, 0.5) is 4.39 Å². The second kappa shape index (κ2) is 4.27. The summed E-state index contributed by atoms with van der Waals surface area (Å²) >= 11 is 0. The van der Waals surface area contributed by atoms with E-state index in [4.69, 9.17) is 5.73 Å². The van der Waals surface area contributed by atoms with Gasteiger partial charge < -0.3 is 15.7 Å². The zero-order chi connectivity index (χ0) is 11.6. The molecule has 15 heavy (non-hydrogen) atoms. The molecule has 0 aromatic heterocycles. The van der Waals surface area contributed by atoms with Gasteiger partial charge in [0.05, 0.1) is 5.56 Å². The van der Waals surface area contributed by atoms with Crippen LogP contribution in [0.1, 0.15) is 15.9 Å². The van der Waals surface area contributed by atoms with Crippen molar-refractivity contribution in [3.8, 4) is 5.75 Å². The summed E-state index contributed by atoms with van der Waals surface area (Å²) in [5.41, 5.74) is 5.16. The minimum atomic E-state index is -0.841. The lowest BCUT2D eigenvalue weighted by atomic mass is 10.1. The van der Waals surface area contributed by atoms with Crippen molar-refractivity contribution in [3.05, 3.63) is 29.1 Å². The Hall–Kier alpha value is -1.62. The van der Waals surface area contributed by atoms with Crippen LogP contribution in [-0.2, 0) is 6.54 Å². The fraction of sp³-hybridized carbons (Fsp3) is 0.300. The lowest BCUT2D eigenvalue weighted by molar-refractivity contribution is 0.0997. The predicted octanol–water partition coefficient (Wildman–Crippen LogP) is 0.692. The largest absolute Gasteiger partial charge is 0.507 e. The molecule has 0 aliphatic heterocycles. The SMILES string of the molecule is CN(C)Cc1cc(F)cc(C(N)=O)c1O. The number of carbonyl (C=O) groups excluding carboxylic acids is 1. The lowest BCUT2D eigenvalue weighted by Gasteiger charge is -2.12. The quantitative estimate of drug-likeness (QED) is 0.774. The van der Waals surface area contributed by atoms with Gasteiger partial charge in [-0.05, 0) is 26.2 Å². The molecule has 0 aliphatic carbocycles. The maximum absolute atomic E-state index is 13.1. The van der Waals surface area contributed by atoms with Crippen molar-refractivity contribution >= 4 is 5.91 Å². The molecule has 0 radical (unpaired) electrons. The normalized spacial score (nSPS) is 10.7. The van der Waals surface area contributed by atoms with E-state index in [1.807, 2.05) is 0 Å². The highest BCUT2D eigenvalue weighted by Gasteiger charge is 2.14. The Balaban J connectivity index is 3.22. The molecule has 0 spiro atoms. The standard InChI is InChI=1S/C10H13FN2O2/c1-13(2)5-6-3-7(11)4-8(9(6)14)10(12)15/h3-4,14H,5H2,1-2H3,(H2,12,15). The number of amides is 1. The third-order valence-electron chi connectivity index (χ3n) is 1.91. The van der Waals surface area contributed by atoms with Crippen molar-refractivity contribution in [2.75, 3.05) is 14.1 Å². The number of phenols is 1. The Morgan fingerprint density at radius 1 is 1.53 bits per heavy atom. The Kier molecular flexibility index (Phi) is 3.26. The third-order valence-corrected chi connectivity index (χ3v) is 1.91. The first-order valence-corrected chi connectivity index (χ1v) is 4.37. The minimum Gasteiger partial charge on any atom is -0.507 e. The van der Waals surface area contributed by atoms with E-state index >= 15 is 0 Å². The van der Waals surface area contributed by atoms with Gasteiger partial charge in [0.25, 0.3) is 5.91 Å². The zero-order valence-corrected chi connectivity index (χ0v) is 8.62. The summed E-state index contributed by atoms with van der Waals surface area (Å²) in [6, 6.07) is 2.11. The number of hydrogen-bond donors (Lipinski definition) is 2. The van der Waals surface area contributed by atoms with Crippen LogP contribution < -0.4 is 5.73 Å². The molecular formula is C10H13FN2O2. The summed E-state index contributed by atoms with van der Waals surface area (Å²) in [5, 5.41) is 9.64. The van der Waals surface area contributed by atoms with E-state index in [-0.39, 0.29) is 11.3 Å². The average molecular weight is 212 g/mol. The first-order valence-electron chi connectivity index (χ1n) is 4.37. The second-order valence-corrected chi connectivity index (χ2v) is 3.56. The van der Waals surface area contributed by atoms with Crippen molar-refractivity contribution < 1.29 is 14.3 Å². The summed E-state index contributed by atoms with van der Waals surface area (Å²) in [6.45, 7) is 0.337. The van der Waals surface area contributed by atoms with Crippen LogP contribution in [-0.4, -0.2) is 30.0 Å². The molecule has 0 fully saturated rings. The first kappa shape index (κ1) is 11.5. The van der Waals surface area contributed by atoms with Gasteiger partial charge in [0.1, 0.15) is 11.6 Å². The zero-order valence-electron chi connectivity index (χ0n) is 8.62. The number of hydrogen-bond acceptors (Lipinski definition) is 3. The summed E-state index contributed by atoms with van der Waals surface area (Å²) < 4.78 is 13.1. The van der Waals surface area contributed by atoms with Crippen LogP contribution in [0.2, 0.25) is 0 Å². The molecule has 0 bridgehead atoms. The van der Waals surface area contributed by atoms with Crippen LogP contribution in [0.3, 0.4) is 0 Å². The number of aromatic hydroxyl groups is 1. The van der Waals surface area contributed by atoms with E-state index in [2.05, 4.69) is 0 Å². The molecule has 82 valence electrons. The fourth-order valence-electron chi connectivity index (χ4n) is 1.30. The van der Waals surface area contributed by atoms with Gasteiger partial charge >= 0.3 is 0 Å². The van der Waals surface area contributed by atoms with E-state index in [0.29, 0.717) is 12.1 Å². The van der Waals surface area contributed by atoms with Crippen LogP contribution in [0.5, 0.6) is 5.75 Å². The summed E-state index contributed by atoms with van der Waals surface area (Å²) in [4.78, 5) is 12.6. The average Bonchev–Trinajstić information content (AvgIpc) is 2.09. The molecule has 3 N–H and O–H groups in total. The first-order chi connectivity index (χ1) is 6.91. The molecule has 1 rings (SSSR count). The summed E-state index contributed by atoms with van der Waals surface area (Å²) in [7, 11) is 3.54. The van der Waals surface area contributed by atoms with Crippen molar-refractivity contribution in [2.45, 2.75) is 6.54 Å². The number of benzene rings is 1. The highest BCUT2D eigenvalue weighted by molar-refractivity contribution is 5.95. The highest BCUT2D eigenvalue weighted by atomic mass is 19.1. The summed E-state index contributed by atoms with van der Waals surface area (Å²) in [5.74, 6) is -1.68. The number of rotatable bonds is 3. The van der Waals surface area contributed by atoms with Gasteiger partial charge in [-0.1, -0.05) is 0 Å². The third kappa shape index (κ3) is 2.66. The molecule has 0 aliphatic rings. The molecule has 0 atom stereocenters. The monoisotopic (exact) mass is 212 g/mol. The molecule has 0 saturated heterocycles. The van der Waals surface area contributed by atoms with Crippen molar-refractivity contribution in [3.63, 3.8) is 0 Å². The Bertz CT molecular complexity index is 391. The number of nitrogens with two attached hydrogens (primary N) is 1. The fourth-order valence-corrected chi connectivity index (χ4v) is 1.30.